The van der Waals surface area contributed by atoms with E-state index in [4.69, 9.17) is 0 Å². The van der Waals surface area contributed by atoms with Crippen LogP contribution in [-0.2, 0) is 4.57 Å². The van der Waals surface area contributed by atoms with Gasteiger partial charge in [0.15, 0.2) is 7.14 Å². The molecule has 3 aromatic rings. The third-order valence-electron chi connectivity index (χ3n) is 3.15. The molecule has 2 aromatic carbocycles. The second-order valence-corrected chi connectivity index (χ2v) is 7.15. The predicted molar refractivity (Wildman–Crippen MR) is 85.1 cm³/mol. The Morgan fingerprint density at radius 1 is 0.905 bits per heavy atom. The molecule has 0 saturated heterocycles. The van der Waals surface area contributed by atoms with E-state index in [2.05, 4.69) is 10.1 Å². The zero-order chi connectivity index (χ0) is 14.5. The third kappa shape index (κ3) is 2.86. The summed E-state index contributed by atoms with van der Waals surface area (Å²) in [6.07, 6.45) is 4.70. The van der Waals surface area contributed by atoms with Gasteiger partial charge in [-0.05, 0) is 0 Å². The molecule has 0 bridgehead atoms. The molecule has 0 fully saturated rings. The standard InChI is InChI=1S/C16H14N3OP/c20-21(15-7-3-1-4-8-15,16-9-5-2-6-10-16)12-11-19-14-17-13-18-19/h1-14H/b12-11+. The van der Waals surface area contributed by atoms with Crippen molar-refractivity contribution in [3.63, 3.8) is 0 Å². The van der Waals surface area contributed by atoms with Gasteiger partial charge in [-0.25, -0.2) is 9.67 Å². The summed E-state index contributed by atoms with van der Waals surface area (Å²) in [5.74, 6) is 1.71. The van der Waals surface area contributed by atoms with Gasteiger partial charge in [-0.2, -0.15) is 5.10 Å². The molecule has 0 saturated carbocycles. The molecular formula is C16H14N3OP. The van der Waals surface area contributed by atoms with Crippen LogP contribution in [0.2, 0.25) is 0 Å². The van der Waals surface area contributed by atoms with Crippen molar-refractivity contribution < 1.29 is 4.57 Å². The monoisotopic (exact) mass is 295 g/mol. The van der Waals surface area contributed by atoms with E-state index in [1.165, 1.54) is 6.33 Å². The van der Waals surface area contributed by atoms with Crippen molar-refractivity contribution in [2.75, 3.05) is 0 Å². The Bertz CT molecular complexity index is 724. The minimum atomic E-state index is -2.83. The second-order valence-electron chi connectivity index (χ2n) is 4.50. The lowest BCUT2D eigenvalue weighted by Gasteiger charge is -2.15. The van der Waals surface area contributed by atoms with Crippen molar-refractivity contribution >= 4 is 24.0 Å². The van der Waals surface area contributed by atoms with E-state index < -0.39 is 7.14 Å². The fourth-order valence-electron chi connectivity index (χ4n) is 2.08. The Morgan fingerprint density at radius 3 is 1.95 bits per heavy atom. The highest BCUT2D eigenvalue weighted by molar-refractivity contribution is 7.81. The molecule has 0 unspecified atom stereocenters. The zero-order valence-corrected chi connectivity index (χ0v) is 12.2. The minimum Gasteiger partial charge on any atom is -0.309 e. The summed E-state index contributed by atoms with van der Waals surface area (Å²) in [7, 11) is -2.83. The first kappa shape index (κ1) is 13.5. The van der Waals surface area contributed by atoms with Gasteiger partial charge < -0.3 is 4.57 Å². The van der Waals surface area contributed by atoms with E-state index in [0.717, 1.165) is 10.6 Å². The third-order valence-corrected chi connectivity index (χ3v) is 5.83. The topological polar surface area (TPSA) is 47.8 Å². The van der Waals surface area contributed by atoms with E-state index in [0.29, 0.717) is 0 Å². The van der Waals surface area contributed by atoms with Crippen molar-refractivity contribution in [2.24, 2.45) is 0 Å². The summed E-state index contributed by atoms with van der Waals surface area (Å²) < 4.78 is 15.1. The Hall–Kier alpha value is -2.45. The minimum absolute atomic E-state index is 0.799. The van der Waals surface area contributed by atoms with Crippen LogP contribution in [0.4, 0.5) is 0 Å². The molecular weight excluding hydrogens is 281 g/mol. The largest absolute Gasteiger partial charge is 0.309 e. The molecule has 4 nitrogen and oxygen atoms in total. The fourth-order valence-corrected chi connectivity index (χ4v) is 4.27. The molecule has 0 atom stereocenters. The molecule has 5 heteroatoms. The van der Waals surface area contributed by atoms with Crippen LogP contribution < -0.4 is 10.6 Å². The molecule has 0 aliphatic rings. The molecule has 1 aromatic heterocycles. The lowest BCUT2D eigenvalue weighted by atomic mass is 10.4. The Kier molecular flexibility index (Phi) is 3.80. The van der Waals surface area contributed by atoms with Crippen molar-refractivity contribution in [3.05, 3.63) is 79.1 Å². The van der Waals surface area contributed by atoms with Gasteiger partial charge in [-0.1, -0.05) is 60.7 Å². The van der Waals surface area contributed by atoms with Crippen LogP contribution in [0.25, 0.3) is 6.20 Å². The number of rotatable bonds is 4. The first-order valence-corrected chi connectivity index (χ1v) is 8.31. The molecule has 0 amide bonds. The van der Waals surface area contributed by atoms with Crippen molar-refractivity contribution in [1.82, 2.24) is 14.8 Å². The normalized spacial score (nSPS) is 11.8. The molecule has 0 spiro atoms. The summed E-state index contributed by atoms with van der Waals surface area (Å²) in [6, 6.07) is 19.0. The van der Waals surface area contributed by atoms with Crippen LogP contribution in [0.3, 0.4) is 0 Å². The maximum atomic E-state index is 13.6. The summed E-state index contributed by atoms with van der Waals surface area (Å²) in [5, 5.41) is 5.60. The number of nitrogens with zero attached hydrogens (tertiary/aromatic N) is 3. The highest BCUT2D eigenvalue weighted by Crippen LogP contribution is 2.44. The highest BCUT2D eigenvalue weighted by atomic mass is 31.2. The van der Waals surface area contributed by atoms with Gasteiger partial charge in [0.05, 0.1) is 0 Å². The second kappa shape index (κ2) is 5.90. The summed E-state index contributed by atoms with van der Waals surface area (Å²) in [6.45, 7) is 0. The summed E-state index contributed by atoms with van der Waals surface area (Å²) in [5.41, 5.74) is 0. The summed E-state index contributed by atoms with van der Waals surface area (Å²) in [4.78, 5) is 3.88. The van der Waals surface area contributed by atoms with E-state index in [9.17, 15) is 4.57 Å². The summed E-state index contributed by atoms with van der Waals surface area (Å²) >= 11 is 0. The van der Waals surface area contributed by atoms with E-state index in [1.54, 1.807) is 23.0 Å². The van der Waals surface area contributed by atoms with E-state index in [1.807, 2.05) is 60.7 Å². The van der Waals surface area contributed by atoms with Crippen LogP contribution in [0.1, 0.15) is 0 Å². The molecule has 104 valence electrons. The Balaban J connectivity index is 2.10. The van der Waals surface area contributed by atoms with Gasteiger partial charge in [-0.3, -0.25) is 0 Å². The van der Waals surface area contributed by atoms with Gasteiger partial charge in [0.25, 0.3) is 0 Å². The fraction of sp³-hybridized carbons (Fsp3) is 0. The van der Waals surface area contributed by atoms with Crippen molar-refractivity contribution in [1.29, 1.82) is 0 Å². The van der Waals surface area contributed by atoms with Gasteiger partial charge in [0.1, 0.15) is 12.7 Å². The van der Waals surface area contributed by atoms with Gasteiger partial charge in [0, 0.05) is 22.6 Å². The number of hydrogen-bond acceptors (Lipinski definition) is 3. The van der Waals surface area contributed by atoms with Crippen LogP contribution in [-0.4, -0.2) is 14.8 Å². The first-order chi connectivity index (χ1) is 10.3. The van der Waals surface area contributed by atoms with Crippen LogP contribution >= 0.6 is 7.14 Å². The maximum absolute atomic E-state index is 13.6. The average molecular weight is 295 g/mol. The quantitative estimate of drug-likeness (QED) is 0.695. The predicted octanol–water partition coefficient (Wildman–Crippen LogP) is 2.72. The SMILES string of the molecule is O=P(/C=C/n1cncn1)(c1ccccc1)c1ccccc1. The van der Waals surface area contributed by atoms with Crippen LogP contribution in [0.5, 0.6) is 0 Å². The molecule has 0 N–H and O–H groups in total. The molecule has 1 heterocycles. The Labute approximate surface area is 123 Å². The number of aromatic nitrogens is 3. The Morgan fingerprint density at radius 2 is 1.48 bits per heavy atom. The maximum Gasteiger partial charge on any atom is 0.165 e. The van der Waals surface area contributed by atoms with Gasteiger partial charge >= 0.3 is 0 Å². The van der Waals surface area contributed by atoms with Gasteiger partial charge in [-0.15, -0.1) is 0 Å². The highest BCUT2D eigenvalue weighted by Gasteiger charge is 2.23. The zero-order valence-electron chi connectivity index (χ0n) is 11.3. The van der Waals surface area contributed by atoms with Crippen molar-refractivity contribution in [2.45, 2.75) is 0 Å². The molecule has 21 heavy (non-hydrogen) atoms. The van der Waals surface area contributed by atoms with Crippen LogP contribution in [0, 0.1) is 0 Å². The molecule has 3 rings (SSSR count). The smallest absolute Gasteiger partial charge is 0.165 e. The first-order valence-electron chi connectivity index (χ1n) is 6.53. The molecule has 0 radical (unpaired) electrons. The van der Waals surface area contributed by atoms with E-state index in [-0.39, 0.29) is 0 Å². The number of hydrogen-bond donors (Lipinski definition) is 0. The van der Waals surface area contributed by atoms with Crippen LogP contribution in [0.15, 0.2) is 79.1 Å². The molecule has 0 aliphatic carbocycles. The van der Waals surface area contributed by atoms with Gasteiger partial charge in [0.2, 0.25) is 0 Å². The van der Waals surface area contributed by atoms with Crippen molar-refractivity contribution in [3.8, 4) is 0 Å². The van der Waals surface area contributed by atoms with E-state index >= 15 is 0 Å². The molecule has 0 aliphatic heterocycles. The number of benzene rings is 2. The lowest BCUT2D eigenvalue weighted by molar-refractivity contribution is 0.592. The average Bonchev–Trinajstić information content (AvgIpc) is 3.08. The lowest BCUT2D eigenvalue weighted by Crippen LogP contribution is -2.14.